The molecule has 0 aliphatic heterocycles. The molecule has 0 aromatic carbocycles. The maximum atomic E-state index is 3.03. The second-order valence-electron chi connectivity index (χ2n) is 2.07. The molecule has 0 unspecified atom stereocenters. The van der Waals surface area contributed by atoms with Crippen molar-refractivity contribution < 1.29 is 0 Å². The van der Waals surface area contributed by atoms with E-state index in [0.717, 1.165) is 0 Å². The average Bonchev–Trinajstić information content (AvgIpc) is 2.28. The third kappa shape index (κ3) is 0.860. The van der Waals surface area contributed by atoms with E-state index in [9.17, 15) is 0 Å². The van der Waals surface area contributed by atoms with Gasteiger partial charge in [-0.1, -0.05) is 0 Å². The van der Waals surface area contributed by atoms with E-state index < -0.39 is 0 Å². The van der Waals surface area contributed by atoms with Crippen LogP contribution in [0.3, 0.4) is 0 Å². The lowest BCUT2D eigenvalue weighted by Crippen LogP contribution is -2.15. The third-order valence-corrected chi connectivity index (χ3v) is 2.32. The Morgan fingerprint density at radius 2 is 2.10 bits per heavy atom. The molecule has 1 aromatic heterocycles. The molecule has 0 bridgehead atoms. The topological polar surface area (TPSA) is 0 Å². The Morgan fingerprint density at radius 3 is 3.10 bits per heavy atom. The van der Waals surface area contributed by atoms with Crippen LogP contribution in [-0.4, -0.2) is 0 Å². The monoisotopic (exact) mass is 146 g/mol. The molecule has 0 spiro atoms. The van der Waals surface area contributed by atoms with Crippen LogP contribution in [0, 0.1) is 0 Å². The zero-order valence-electron chi connectivity index (χ0n) is 5.37. The molecule has 2 rings (SSSR count). The highest BCUT2D eigenvalue weighted by molar-refractivity contribution is 7.07. The normalized spacial score (nSPS) is 13.2. The maximum absolute atomic E-state index is 3.03. The molecule has 1 aliphatic rings. The van der Waals surface area contributed by atoms with Crippen molar-refractivity contribution in [1.82, 2.24) is 0 Å². The highest BCUT2D eigenvalue weighted by atomic mass is 32.1. The van der Waals surface area contributed by atoms with Gasteiger partial charge in [0.15, 0.2) is 0 Å². The van der Waals surface area contributed by atoms with Crippen LogP contribution >= 0.6 is 11.3 Å². The fourth-order valence-corrected chi connectivity index (χ4v) is 1.70. The lowest BCUT2D eigenvalue weighted by molar-refractivity contribution is 1.73. The van der Waals surface area contributed by atoms with Crippen molar-refractivity contribution in [1.29, 1.82) is 0 Å². The number of fused-ring (bicyclic) bond motifs is 1. The highest BCUT2D eigenvalue weighted by Gasteiger charge is 1.84. The Balaban J connectivity index is 2.94. The molecule has 1 aromatic rings. The number of hydrogen-bond acceptors (Lipinski definition) is 1. The van der Waals surface area contributed by atoms with Gasteiger partial charge in [0.05, 0.1) is 0 Å². The lowest BCUT2D eigenvalue weighted by atomic mass is 10.4. The van der Waals surface area contributed by atoms with Crippen molar-refractivity contribution in [3.8, 4) is 0 Å². The first-order valence-electron chi connectivity index (χ1n) is 3.13. The summed E-state index contributed by atoms with van der Waals surface area (Å²) in [6.45, 7) is 0. The first-order chi connectivity index (χ1) is 4.97. The van der Waals surface area contributed by atoms with Gasteiger partial charge in [0.25, 0.3) is 0 Å². The number of rotatable bonds is 0. The van der Waals surface area contributed by atoms with Crippen LogP contribution in [0.4, 0.5) is 0 Å². The summed E-state index contributed by atoms with van der Waals surface area (Å²) in [6.07, 6.45) is 8.04. The molecule has 10 heavy (non-hydrogen) atoms. The number of allylic oxidation sites excluding steroid dienone is 1. The molecular weight excluding hydrogens is 140 g/mol. The van der Waals surface area contributed by atoms with Crippen LogP contribution in [0.25, 0.3) is 12.2 Å². The summed E-state index contributed by atoms with van der Waals surface area (Å²) >= 11 is 1.76. The van der Waals surface area contributed by atoms with Crippen LogP contribution < -0.4 is 9.75 Å². The zero-order valence-corrected chi connectivity index (χ0v) is 6.19. The van der Waals surface area contributed by atoms with Crippen LogP contribution in [0.5, 0.6) is 0 Å². The smallest absolute Gasteiger partial charge is 0.0349 e. The predicted molar refractivity (Wildman–Crippen MR) is 45.2 cm³/mol. The van der Waals surface area contributed by atoms with Crippen molar-refractivity contribution in [3.63, 3.8) is 0 Å². The predicted octanol–water partition coefficient (Wildman–Crippen LogP) is 1.03. The molecule has 0 saturated heterocycles. The fraction of sp³-hybridized carbons (Fsp3) is 0. The average molecular weight is 146 g/mol. The molecule has 0 saturated carbocycles. The Labute approximate surface area is 63.1 Å². The number of hydrogen-bond donors (Lipinski definition) is 0. The van der Waals surface area contributed by atoms with Gasteiger partial charge in [0.1, 0.15) is 0 Å². The fourth-order valence-electron chi connectivity index (χ4n) is 0.921. The van der Waals surface area contributed by atoms with Crippen LogP contribution in [0.15, 0.2) is 29.3 Å². The summed E-state index contributed by atoms with van der Waals surface area (Å²) in [5.74, 6) is 0. The quantitative estimate of drug-likeness (QED) is 0.480. The third-order valence-electron chi connectivity index (χ3n) is 1.42. The molecule has 0 radical (unpaired) electrons. The Morgan fingerprint density at radius 1 is 1.20 bits per heavy atom. The molecule has 0 nitrogen and oxygen atoms in total. The van der Waals surface area contributed by atoms with Crippen molar-refractivity contribution in [3.05, 3.63) is 39.1 Å². The largest absolute Gasteiger partial charge is 0.144 e. The van der Waals surface area contributed by atoms with Crippen molar-refractivity contribution in [2.75, 3.05) is 0 Å². The number of thiophene rings is 1. The van der Waals surface area contributed by atoms with Crippen molar-refractivity contribution >= 4 is 23.5 Å². The second kappa shape index (κ2) is 2.30. The van der Waals surface area contributed by atoms with Gasteiger partial charge in [-0.15, -0.1) is 17.1 Å². The van der Waals surface area contributed by atoms with Crippen molar-refractivity contribution in [2.24, 2.45) is 0 Å². The minimum atomic E-state index is 1.30. The second-order valence-corrected chi connectivity index (χ2v) is 3.02. The SMILES string of the molecule is C1=CC=c2ccsc2=CC=1. The molecule has 0 N–H and O–H groups in total. The Bertz CT molecular complexity index is 366. The van der Waals surface area contributed by atoms with Gasteiger partial charge in [-0.25, -0.2) is 0 Å². The molecule has 0 atom stereocenters. The molecule has 48 valence electrons. The first-order valence-corrected chi connectivity index (χ1v) is 4.01. The summed E-state index contributed by atoms with van der Waals surface area (Å²) in [4.78, 5) is 0. The van der Waals surface area contributed by atoms with Gasteiger partial charge >= 0.3 is 0 Å². The molecule has 1 heteroatoms. The lowest BCUT2D eigenvalue weighted by Gasteiger charge is -1.69. The van der Waals surface area contributed by atoms with Gasteiger partial charge in [-0.05, 0) is 41.0 Å². The van der Waals surface area contributed by atoms with Crippen LogP contribution in [-0.2, 0) is 0 Å². The minimum Gasteiger partial charge on any atom is -0.144 e. The van der Waals surface area contributed by atoms with E-state index in [1.165, 1.54) is 9.75 Å². The van der Waals surface area contributed by atoms with Crippen LogP contribution in [0.2, 0.25) is 0 Å². The van der Waals surface area contributed by atoms with E-state index in [1.54, 1.807) is 11.3 Å². The molecular formula is C9H6S. The molecule has 1 aliphatic carbocycles. The Hall–Kier alpha value is -1.04. The van der Waals surface area contributed by atoms with Gasteiger partial charge in [0, 0.05) is 4.53 Å². The van der Waals surface area contributed by atoms with E-state index in [4.69, 9.17) is 0 Å². The van der Waals surface area contributed by atoms with Gasteiger partial charge < -0.3 is 0 Å². The van der Waals surface area contributed by atoms with E-state index in [2.05, 4.69) is 29.3 Å². The molecule has 0 fully saturated rings. The zero-order chi connectivity index (χ0) is 6.81. The summed E-state index contributed by atoms with van der Waals surface area (Å²) < 4.78 is 1.32. The van der Waals surface area contributed by atoms with E-state index in [-0.39, 0.29) is 0 Å². The van der Waals surface area contributed by atoms with Crippen LogP contribution in [0.1, 0.15) is 0 Å². The standard InChI is InChI=1S/C9H6S/c1-2-4-8-6-7-10-9(8)5-3-1/h2-7H. The summed E-state index contributed by atoms with van der Waals surface area (Å²) in [5, 5.41) is 3.40. The summed E-state index contributed by atoms with van der Waals surface area (Å²) in [7, 11) is 0. The highest BCUT2D eigenvalue weighted by Crippen LogP contribution is 1.85. The molecule has 1 heterocycles. The van der Waals surface area contributed by atoms with E-state index in [0.29, 0.717) is 0 Å². The summed E-state index contributed by atoms with van der Waals surface area (Å²) in [6, 6.07) is 2.12. The van der Waals surface area contributed by atoms with Gasteiger partial charge in [0.2, 0.25) is 0 Å². The van der Waals surface area contributed by atoms with Crippen molar-refractivity contribution in [2.45, 2.75) is 0 Å². The first kappa shape index (κ1) is 5.72. The summed E-state index contributed by atoms with van der Waals surface area (Å²) in [5.41, 5.74) is 3.03. The molecule has 0 amide bonds. The van der Waals surface area contributed by atoms with E-state index >= 15 is 0 Å². The van der Waals surface area contributed by atoms with Gasteiger partial charge in [-0.2, -0.15) is 0 Å². The Kier molecular flexibility index (Phi) is 1.31. The maximum Gasteiger partial charge on any atom is 0.0349 e. The van der Waals surface area contributed by atoms with E-state index in [1.807, 2.05) is 12.2 Å². The van der Waals surface area contributed by atoms with Gasteiger partial charge in [-0.3, -0.25) is 0 Å². The minimum absolute atomic E-state index is 1.30.